The van der Waals surface area contributed by atoms with Crippen LogP contribution < -0.4 is 4.80 Å². The Morgan fingerprint density at radius 3 is 2.80 bits per heavy atom. The van der Waals surface area contributed by atoms with E-state index in [1.165, 1.54) is 11.3 Å². The van der Waals surface area contributed by atoms with E-state index in [9.17, 15) is 9.59 Å². The van der Waals surface area contributed by atoms with E-state index in [2.05, 4.69) is 17.1 Å². The van der Waals surface area contributed by atoms with Crippen LogP contribution in [0.2, 0.25) is 0 Å². The quantitative estimate of drug-likeness (QED) is 0.676. The lowest BCUT2D eigenvalue weighted by Gasteiger charge is -2.05. The first-order valence-corrected chi connectivity index (χ1v) is 9.24. The number of nitrogens with zero attached hydrogens (tertiary/aromatic N) is 2. The maximum absolute atomic E-state index is 12.2. The molecule has 0 unspecified atom stereocenters. The summed E-state index contributed by atoms with van der Waals surface area (Å²) in [5.74, 6) is -0.359. The number of fused-ring (bicyclic) bond motifs is 3. The zero-order chi connectivity index (χ0) is 17.4. The lowest BCUT2D eigenvalue weighted by Crippen LogP contribution is -2.23. The SMILES string of the molecule is CCOC(=O)Cn1c(=NC(=O)C2CC2)sc2c3ccccc3ccc21. The number of hydrogen-bond donors (Lipinski definition) is 0. The van der Waals surface area contributed by atoms with Gasteiger partial charge >= 0.3 is 5.97 Å². The van der Waals surface area contributed by atoms with Crippen molar-refractivity contribution in [3.05, 3.63) is 41.2 Å². The van der Waals surface area contributed by atoms with Crippen LogP contribution in [-0.4, -0.2) is 23.1 Å². The highest BCUT2D eigenvalue weighted by Gasteiger charge is 2.29. The highest BCUT2D eigenvalue weighted by Crippen LogP contribution is 2.31. The molecular formula is C19H18N2O3S. The monoisotopic (exact) mass is 354 g/mol. The summed E-state index contributed by atoms with van der Waals surface area (Å²) < 4.78 is 7.92. The third-order valence-corrected chi connectivity index (χ3v) is 5.43. The second-order valence-electron chi connectivity index (χ2n) is 6.14. The van der Waals surface area contributed by atoms with Gasteiger partial charge in [-0.05, 0) is 31.2 Å². The fourth-order valence-corrected chi connectivity index (χ4v) is 4.06. The van der Waals surface area contributed by atoms with Crippen molar-refractivity contribution in [3.8, 4) is 0 Å². The normalized spacial score (nSPS) is 15.0. The molecule has 5 nitrogen and oxygen atoms in total. The van der Waals surface area contributed by atoms with Crippen molar-refractivity contribution in [2.75, 3.05) is 6.61 Å². The summed E-state index contributed by atoms with van der Waals surface area (Å²) >= 11 is 1.45. The smallest absolute Gasteiger partial charge is 0.326 e. The molecule has 0 radical (unpaired) electrons. The van der Waals surface area contributed by atoms with Crippen molar-refractivity contribution in [2.24, 2.45) is 10.9 Å². The van der Waals surface area contributed by atoms with Gasteiger partial charge in [-0.25, -0.2) is 0 Å². The van der Waals surface area contributed by atoms with Gasteiger partial charge in [0.2, 0.25) is 0 Å². The zero-order valence-electron chi connectivity index (χ0n) is 13.9. The number of aromatic nitrogens is 1. The van der Waals surface area contributed by atoms with Crippen molar-refractivity contribution in [2.45, 2.75) is 26.3 Å². The third-order valence-electron chi connectivity index (χ3n) is 4.30. The fourth-order valence-electron chi connectivity index (χ4n) is 2.89. The van der Waals surface area contributed by atoms with Crippen molar-refractivity contribution in [1.29, 1.82) is 0 Å². The van der Waals surface area contributed by atoms with Crippen molar-refractivity contribution in [1.82, 2.24) is 4.57 Å². The fraction of sp³-hybridized carbons (Fsp3) is 0.316. The molecule has 1 fully saturated rings. The van der Waals surface area contributed by atoms with Gasteiger partial charge in [0.05, 0.1) is 16.8 Å². The van der Waals surface area contributed by atoms with E-state index >= 15 is 0 Å². The lowest BCUT2D eigenvalue weighted by molar-refractivity contribution is -0.143. The number of esters is 1. The van der Waals surface area contributed by atoms with Gasteiger partial charge in [0, 0.05) is 11.3 Å². The Labute approximate surface area is 148 Å². The maximum Gasteiger partial charge on any atom is 0.326 e. The molecule has 3 aromatic rings. The van der Waals surface area contributed by atoms with Gasteiger partial charge in [-0.3, -0.25) is 9.59 Å². The predicted molar refractivity (Wildman–Crippen MR) is 97.2 cm³/mol. The molecule has 25 heavy (non-hydrogen) atoms. The molecule has 1 heterocycles. The molecule has 0 N–H and O–H groups in total. The second kappa shape index (κ2) is 6.44. The van der Waals surface area contributed by atoms with Crippen LogP contribution in [0.15, 0.2) is 41.4 Å². The van der Waals surface area contributed by atoms with Gasteiger partial charge < -0.3 is 9.30 Å². The molecule has 4 rings (SSSR count). The topological polar surface area (TPSA) is 60.7 Å². The third kappa shape index (κ3) is 3.09. The van der Waals surface area contributed by atoms with Crippen LogP contribution in [0.5, 0.6) is 0 Å². The average Bonchev–Trinajstić information content (AvgIpc) is 3.40. The minimum Gasteiger partial charge on any atom is -0.465 e. The highest BCUT2D eigenvalue weighted by molar-refractivity contribution is 7.17. The number of hydrogen-bond acceptors (Lipinski definition) is 4. The largest absolute Gasteiger partial charge is 0.465 e. The van der Waals surface area contributed by atoms with Gasteiger partial charge in [-0.2, -0.15) is 4.99 Å². The number of thiazole rings is 1. The molecule has 0 spiro atoms. The van der Waals surface area contributed by atoms with E-state index in [0.717, 1.165) is 33.8 Å². The Morgan fingerprint density at radius 1 is 1.24 bits per heavy atom. The van der Waals surface area contributed by atoms with Gasteiger partial charge in [-0.15, -0.1) is 0 Å². The average molecular weight is 354 g/mol. The summed E-state index contributed by atoms with van der Waals surface area (Å²) in [6.45, 7) is 2.17. The van der Waals surface area contributed by atoms with Crippen LogP contribution in [0.25, 0.3) is 21.0 Å². The highest BCUT2D eigenvalue weighted by atomic mass is 32.1. The van der Waals surface area contributed by atoms with Crippen molar-refractivity contribution < 1.29 is 14.3 Å². The summed E-state index contributed by atoms with van der Waals surface area (Å²) in [5.41, 5.74) is 0.902. The number of amides is 1. The van der Waals surface area contributed by atoms with Crippen LogP contribution in [0.1, 0.15) is 19.8 Å². The summed E-state index contributed by atoms with van der Waals surface area (Å²) in [5, 5.41) is 2.22. The van der Waals surface area contributed by atoms with Gasteiger partial charge in [0.15, 0.2) is 4.80 Å². The first kappa shape index (κ1) is 16.0. The second-order valence-corrected chi connectivity index (χ2v) is 7.11. The standard InChI is InChI=1S/C19H18N2O3S/c1-2-24-16(22)11-21-15-10-9-12-5-3-4-6-14(12)17(15)25-19(21)20-18(23)13-7-8-13/h3-6,9-10,13H,2,7-8,11H2,1H3. The molecule has 6 heteroatoms. The Kier molecular flexibility index (Phi) is 4.13. The number of benzene rings is 2. The van der Waals surface area contributed by atoms with E-state index in [4.69, 9.17) is 4.74 Å². The lowest BCUT2D eigenvalue weighted by atomic mass is 10.1. The Bertz CT molecular complexity index is 1040. The molecule has 128 valence electrons. The first-order valence-electron chi connectivity index (χ1n) is 8.42. The molecule has 1 aliphatic rings. The van der Waals surface area contributed by atoms with E-state index in [0.29, 0.717) is 11.4 Å². The number of carbonyl (C=O) groups excluding carboxylic acids is 2. The number of rotatable bonds is 4. The van der Waals surface area contributed by atoms with Crippen molar-refractivity contribution in [3.63, 3.8) is 0 Å². The summed E-state index contributed by atoms with van der Waals surface area (Å²) in [7, 11) is 0. The Hall–Kier alpha value is -2.47. The molecule has 1 saturated carbocycles. The van der Waals surface area contributed by atoms with Gasteiger partial charge in [0.25, 0.3) is 5.91 Å². The van der Waals surface area contributed by atoms with E-state index < -0.39 is 0 Å². The first-order chi connectivity index (χ1) is 12.2. The van der Waals surface area contributed by atoms with Crippen LogP contribution in [-0.2, 0) is 20.9 Å². The van der Waals surface area contributed by atoms with E-state index in [-0.39, 0.29) is 24.3 Å². The minimum atomic E-state index is -0.323. The maximum atomic E-state index is 12.2. The van der Waals surface area contributed by atoms with Crippen LogP contribution in [0.4, 0.5) is 0 Å². The molecule has 2 aromatic carbocycles. The van der Waals surface area contributed by atoms with Crippen LogP contribution in [0.3, 0.4) is 0 Å². The van der Waals surface area contributed by atoms with Crippen LogP contribution in [0, 0.1) is 5.92 Å². The van der Waals surface area contributed by atoms with Crippen molar-refractivity contribution >= 4 is 44.2 Å². The summed E-state index contributed by atoms with van der Waals surface area (Å²) in [6.07, 6.45) is 1.82. The van der Waals surface area contributed by atoms with Gasteiger partial charge in [0.1, 0.15) is 6.54 Å². The summed E-state index contributed by atoms with van der Waals surface area (Å²) in [6, 6.07) is 12.1. The Morgan fingerprint density at radius 2 is 2.04 bits per heavy atom. The van der Waals surface area contributed by atoms with E-state index in [1.807, 2.05) is 24.3 Å². The van der Waals surface area contributed by atoms with E-state index in [1.54, 1.807) is 11.5 Å². The summed E-state index contributed by atoms with van der Waals surface area (Å²) in [4.78, 5) is 29.1. The minimum absolute atomic E-state index is 0.0537. The molecule has 1 aliphatic carbocycles. The van der Waals surface area contributed by atoms with Crippen LogP contribution >= 0.6 is 11.3 Å². The molecule has 0 bridgehead atoms. The zero-order valence-corrected chi connectivity index (χ0v) is 14.7. The number of ether oxygens (including phenoxy) is 1. The van der Waals surface area contributed by atoms with Gasteiger partial charge in [-0.1, -0.05) is 41.7 Å². The number of carbonyl (C=O) groups is 2. The molecule has 1 aromatic heterocycles. The molecule has 0 saturated heterocycles. The molecule has 1 amide bonds. The molecule has 0 atom stereocenters. The molecule has 0 aliphatic heterocycles. The Balaban J connectivity index is 1.92. The molecular weight excluding hydrogens is 336 g/mol. The predicted octanol–water partition coefficient (Wildman–Crippen LogP) is 3.26.